The van der Waals surface area contributed by atoms with Gasteiger partial charge < -0.3 is 4.52 Å². The van der Waals surface area contributed by atoms with Gasteiger partial charge in [-0.2, -0.15) is 0 Å². The zero-order chi connectivity index (χ0) is 9.11. The number of nitrogens with zero attached hydrogens (tertiary/aromatic N) is 1. The molecule has 0 unspecified atom stereocenters. The number of hydrogen-bond acceptors (Lipinski definition) is 2. The van der Waals surface area contributed by atoms with Crippen LogP contribution in [0, 0.1) is 6.92 Å². The highest BCUT2D eigenvalue weighted by Gasteiger charge is 1.77. The van der Waals surface area contributed by atoms with Crippen LogP contribution in [-0.4, -0.2) is 5.16 Å². The Balaban J connectivity index is 0. The van der Waals surface area contributed by atoms with Gasteiger partial charge in [-0.3, -0.25) is 0 Å². The number of aryl methyl sites for hydroxylation is 1. The summed E-state index contributed by atoms with van der Waals surface area (Å²) in [6, 6.07) is 1.81. The summed E-state index contributed by atoms with van der Waals surface area (Å²) in [4.78, 5) is 0. The van der Waals surface area contributed by atoms with Crippen molar-refractivity contribution in [2.24, 2.45) is 0 Å². The highest BCUT2D eigenvalue weighted by Crippen LogP contribution is 1.86. The zero-order valence-electron chi connectivity index (χ0n) is 8.22. The first-order valence-electron chi connectivity index (χ1n) is 4.18. The lowest BCUT2D eigenvalue weighted by molar-refractivity contribution is 0.415. The Bertz CT molecular complexity index is 124. The first-order valence-corrected chi connectivity index (χ1v) is 4.18. The van der Waals surface area contributed by atoms with Crippen LogP contribution in [0.4, 0.5) is 0 Å². The van der Waals surface area contributed by atoms with E-state index in [1.807, 2.05) is 20.8 Å². The van der Waals surface area contributed by atoms with E-state index in [-0.39, 0.29) is 0 Å². The Hall–Kier alpha value is -0.790. The van der Waals surface area contributed by atoms with Gasteiger partial charge >= 0.3 is 0 Å². The van der Waals surface area contributed by atoms with E-state index in [0.717, 1.165) is 5.69 Å². The molecule has 0 aliphatic heterocycles. The van der Waals surface area contributed by atoms with E-state index in [1.165, 1.54) is 6.42 Å². The molecule has 1 aromatic rings. The molecule has 1 aromatic heterocycles. The van der Waals surface area contributed by atoms with Crippen LogP contribution in [0.3, 0.4) is 0 Å². The monoisotopic (exact) mass is 157 g/mol. The van der Waals surface area contributed by atoms with Crippen molar-refractivity contribution in [3.05, 3.63) is 18.0 Å². The van der Waals surface area contributed by atoms with Crippen molar-refractivity contribution in [1.29, 1.82) is 0 Å². The predicted molar refractivity (Wildman–Crippen MR) is 48.6 cm³/mol. The predicted octanol–water partition coefficient (Wildman–Crippen LogP) is 3.43. The van der Waals surface area contributed by atoms with Gasteiger partial charge in [0, 0.05) is 6.07 Å². The molecular weight excluding hydrogens is 138 g/mol. The molecule has 0 radical (unpaired) electrons. The fraction of sp³-hybridized carbons (Fsp3) is 0.667. The third kappa shape index (κ3) is 12.4. The lowest BCUT2D eigenvalue weighted by Crippen LogP contribution is -1.59. The average Bonchev–Trinajstić information content (AvgIpc) is 2.46. The smallest absolute Gasteiger partial charge is 0.124 e. The molecule has 0 aliphatic rings. The fourth-order valence-corrected chi connectivity index (χ4v) is 0.273. The van der Waals surface area contributed by atoms with Gasteiger partial charge in [0.25, 0.3) is 0 Å². The van der Waals surface area contributed by atoms with Crippen molar-refractivity contribution >= 4 is 0 Å². The maximum atomic E-state index is 4.46. The highest BCUT2D eigenvalue weighted by atomic mass is 16.5. The van der Waals surface area contributed by atoms with Gasteiger partial charge in [-0.05, 0) is 6.92 Å². The minimum Gasteiger partial charge on any atom is -0.365 e. The van der Waals surface area contributed by atoms with Crippen LogP contribution >= 0.6 is 0 Å². The van der Waals surface area contributed by atoms with Crippen LogP contribution in [0.5, 0.6) is 0 Å². The molecule has 0 fully saturated rings. The standard InChI is InChI=1S/C4H5NO.C3H8.C2H6/c1-4-2-3-6-5-4;1-3-2;1-2/h2-3H,1H3;3H2,1-2H3;1-2H3. The SMILES string of the molecule is CC.CCC.Cc1ccon1. The minimum absolute atomic E-state index is 0.926. The Morgan fingerprint density at radius 2 is 1.82 bits per heavy atom. The molecule has 0 spiro atoms. The molecular formula is C9H19NO. The van der Waals surface area contributed by atoms with E-state index >= 15 is 0 Å². The molecule has 0 amide bonds. The van der Waals surface area contributed by atoms with Crippen molar-refractivity contribution in [1.82, 2.24) is 5.16 Å². The minimum atomic E-state index is 0.926. The quantitative estimate of drug-likeness (QED) is 0.576. The van der Waals surface area contributed by atoms with Gasteiger partial charge in [-0.25, -0.2) is 0 Å². The molecule has 2 heteroatoms. The summed E-state index contributed by atoms with van der Waals surface area (Å²) in [6.45, 7) is 10.1. The van der Waals surface area contributed by atoms with E-state index in [0.29, 0.717) is 0 Å². The summed E-state index contributed by atoms with van der Waals surface area (Å²) in [6.07, 6.45) is 2.80. The van der Waals surface area contributed by atoms with E-state index < -0.39 is 0 Å². The van der Waals surface area contributed by atoms with Crippen LogP contribution in [0.1, 0.15) is 39.8 Å². The molecule has 0 atom stereocenters. The molecule has 0 aromatic carbocycles. The summed E-state index contributed by atoms with van der Waals surface area (Å²) in [5.74, 6) is 0. The lowest BCUT2D eigenvalue weighted by atomic mass is 10.5. The van der Waals surface area contributed by atoms with Crippen LogP contribution in [0.15, 0.2) is 16.9 Å². The van der Waals surface area contributed by atoms with E-state index in [2.05, 4.69) is 23.5 Å². The van der Waals surface area contributed by atoms with Crippen molar-refractivity contribution < 1.29 is 4.52 Å². The number of hydrogen-bond donors (Lipinski definition) is 0. The molecule has 66 valence electrons. The van der Waals surface area contributed by atoms with Gasteiger partial charge in [0.05, 0.1) is 5.69 Å². The van der Waals surface area contributed by atoms with Crippen LogP contribution in [0.2, 0.25) is 0 Å². The summed E-state index contributed by atoms with van der Waals surface area (Å²) >= 11 is 0. The topological polar surface area (TPSA) is 26.0 Å². The summed E-state index contributed by atoms with van der Waals surface area (Å²) < 4.78 is 4.46. The van der Waals surface area contributed by atoms with Crippen LogP contribution < -0.4 is 0 Å². The highest BCUT2D eigenvalue weighted by molar-refractivity contribution is 4.89. The first kappa shape index (κ1) is 12.8. The van der Waals surface area contributed by atoms with Crippen molar-refractivity contribution in [2.75, 3.05) is 0 Å². The second kappa shape index (κ2) is 11.9. The zero-order valence-corrected chi connectivity index (χ0v) is 8.22. The average molecular weight is 157 g/mol. The summed E-state index contributed by atoms with van der Waals surface area (Å²) in [5, 5.41) is 3.54. The summed E-state index contributed by atoms with van der Waals surface area (Å²) in [5.41, 5.74) is 0.926. The van der Waals surface area contributed by atoms with E-state index in [1.54, 1.807) is 12.3 Å². The first-order chi connectivity index (χ1) is 5.31. The number of aromatic nitrogens is 1. The molecule has 0 bridgehead atoms. The third-order valence-corrected chi connectivity index (χ3v) is 0.567. The van der Waals surface area contributed by atoms with Crippen LogP contribution in [-0.2, 0) is 0 Å². The molecule has 11 heavy (non-hydrogen) atoms. The Morgan fingerprint density at radius 3 is 1.91 bits per heavy atom. The normalized spacial score (nSPS) is 7.00. The molecule has 1 rings (SSSR count). The van der Waals surface area contributed by atoms with Crippen molar-refractivity contribution in [2.45, 2.75) is 41.0 Å². The van der Waals surface area contributed by atoms with Crippen molar-refractivity contribution in [3.8, 4) is 0 Å². The van der Waals surface area contributed by atoms with E-state index in [4.69, 9.17) is 0 Å². The largest absolute Gasteiger partial charge is 0.365 e. The third-order valence-electron chi connectivity index (χ3n) is 0.567. The molecule has 0 saturated heterocycles. The van der Waals surface area contributed by atoms with Gasteiger partial charge in [-0.15, -0.1) is 0 Å². The van der Waals surface area contributed by atoms with E-state index in [9.17, 15) is 0 Å². The Kier molecular flexibility index (Phi) is 13.9. The van der Waals surface area contributed by atoms with Crippen LogP contribution in [0.25, 0.3) is 0 Å². The molecule has 0 saturated carbocycles. The Morgan fingerprint density at radius 1 is 1.36 bits per heavy atom. The second-order valence-electron chi connectivity index (χ2n) is 1.85. The molecule has 2 nitrogen and oxygen atoms in total. The van der Waals surface area contributed by atoms with Gasteiger partial charge in [0.2, 0.25) is 0 Å². The van der Waals surface area contributed by atoms with Gasteiger partial charge in [0.15, 0.2) is 0 Å². The van der Waals surface area contributed by atoms with Gasteiger partial charge in [-0.1, -0.05) is 39.3 Å². The Labute approximate surface area is 69.6 Å². The van der Waals surface area contributed by atoms with Crippen molar-refractivity contribution in [3.63, 3.8) is 0 Å². The molecule has 0 N–H and O–H groups in total. The summed E-state index contributed by atoms with van der Waals surface area (Å²) in [7, 11) is 0. The van der Waals surface area contributed by atoms with Gasteiger partial charge in [0.1, 0.15) is 6.26 Å². The maximum absolute atomic E-state index is 4.46. The number of rotatable bonds is 0. The maximum Gasteiger partial charge on any atom is 0.124 e. The lowest BCUT2D eigenvalue weighted by Gasteiger charge is -1.62. The fourth-order valence-electron chi connectivity index (χ4n) is 0.273. The molecule has 0 aliphatic carbocycles. The molecule has 1 heterocycles. The second-order valence-corrected chi connectivity index (χ2v) is 1.85.